The molecule has 1 aliphatic heterocycles. The van der Waals surface area contributed by atoms with Gasteiger partial charge in [-0.25, -0.2) is 9.78 Å². The quantitative estimate of drug-likeness (QED) is 0.170. The average molecular weight is 626 g/mol. The van der Waals surface area contributed by atoms with E-state index < -0.39 is 0 Å². The lowest BCUT2D eigenvalue weighted by Gasteiger charge is -2.28. The lowest BCUT2D eigenvalue weighted by atomic mass is 9.92. The number of rotatable bonds is 12. The zero-order chi connectivity index (χ0) is 32.6. The van der Waals surface area contributed by atoms with Gasteiger partial charge in [-0.1, -0.05) is 71.4 Å². The maximum Gasteiger partial charge on any atom is 0.326 e. The Labute approximate surface area is 271 Å². The van der Waals surface area contributed by atoms with Gasteiger partial charge in [-0.05, 0) is 59.2 Å². The molecule has 2 N–H and O–H groups in total. The van der Waals surface area contributed by atoms with Crippen LogP contribution in [0.15, 0.2) is 65.6 Å². The monoisotopic (exact) mass is 625 g/mol. The number of unbranched alkanes of at least 4 members (excludes halogenated alkanes) is 1. The van der Waals surface area contributed by atoms with Crippen molar-refractivity contribution in [3.63, 3.8) is 0 Å². The van der Waals surface area contributed by atoms with Crippen molar-refractivity contribution in [1.82, 2.24) is 14.9 Å². The van der Waals surface area contributed by atoms with Crippen molar-refractivity contribution in [3.8, 4) is 16.9 Å². The number of pyridine rings is 2. The number of carbonyl (C=O) groups excluding carboxylic acids is 1. The summed E-state index contributed by atoms with van der Waals surface area (Å²) in [6.45, 7) is 15.6. The summed E-state index contributed by atoms with van der Waals surface area (Å²) in [6, 6.07) is 17.4. The Balaban J connectivity index is 1.57. The van der Waals surface area contributed by atoms with Crippen LogP contribution in [0.1, 0.15) is 70.4 Å². The van der Waals surface area contributed by atoms with Crippen molar-refractivity contribution in [1.29, 1.82) is 0 Å². The van der Waals surface area contributed by atoms with E-state index in [0.717, 1.165) is 73.5 Å². The van der Waals surface area contributed by atoms with Crippen LogP contribution >= 0.6 is 0 Å². The molecule has 0 atom stereocenters. The number of fused-ring (bicyclic) bond motifs is 1. The van der Waals surface area contributed by atoms with Gasteiger partial charge in [0.05, 0.1) is 13.2 Å². The molecule has 1 fully saturated rings. The smallest absolute Gasteiger partial charge is 0.326 e. The van der Waals surface area contributed by atoms with Gasteiger partial charge in [0, 0.05) is 49.0 Å². The Hall–Kier alpha value is -4.21. The number of nitrogens with zero attached hydrogens (tertiary/aromatic N) is 3. The topological polar surface area (TPSA) is 99.8 Å². The van der Waals surface area contributed by atoms with E-state index in [9.17, 15) is 9.59 Å². The number of nitrogens with one attached hydrogen (secondary N) is 2. The van der Waals surface area contributed by atoms with Crippen molar-refractivity contribution >= 4 is 28.4 Å². The third-order valence-corrected chi connectivity index (χ3v) is 8.52. The van der Waals surface area contributed by atoms with Crippen LogP contribution in [-0.4, -0.2) is 66.9 Å². The third kappa shape index (κ3) is 7.59. The highest BCUT2D eigenvalue weighted by Crippen LogP contribution is 2.37. The molecule has 0 spiro atoms. The SMILES string of the molecule is CCCCN(C(=O)Nc1c(C(C)C)cccc1C(C)C)c1c(-c2cccc(OCCN3CCOCC3)c2)c2cccnc2[nH]c1=O. The van der Waals surface area contributed by atoms with Crippen molar-refractivity contribution in [2.75, 3.05) is 56.2 Å². The van der Waals surface area contributed by atoms with Crippen LogP contribution in [-0.2, 0) is 4.74 Å². The third-order valence-electron chi connectivity index (χ3n) is 8.52. The highest BCUT2D eigenvalue weighted by Gasteiger charge is 2.27. The van der Waals surface area contributed by atoms with Crippen molar-refractivity contribution in [3.05, 3.63) is 82.3 Å². The molecule has 4 aromatic rings. The van der Waals surface area contributed by atoms with E-state index in [1.165, 1.54) is 0 Å². The molecular weight excluding hydrogens is 578 g/mol. The normalized spacial score (nSPS) is 13.8. The Morgan fingerprint density at radius 3 is 2.46 bits per heavy atom. The number of aromatic amines is 1. The molecule has 0 saturated carbocycles. The molecule has 0 radical (unpaired) electrons. The molecule has 1 aliphatic rings. The van der Waals surface area contributed by atoms with Crippen LogP contribution in [0.25, 0.3) is 22.2 Å². The summed E-state index contributed by atoms with van der Waals surface area (Å²) in [5, 5.41) is 4.01. The molecular formula is C37H47N5O4. The van der Waals surface area contributed by atoms with E-state index in [1.54, 1.807) is 11.1 Å². The Morgan fingerprint density at radius 1 is 1.04 bits per heavy atom. The summed E-state index contributed by atoms with van der Waals surface area (Å²) in [4.78, 5) is 39.8. The molecule has 0 aliphatic carbocycles. The van der Waals surface area contributed by atoms with E-state index in [2.05, 4.69) is 66.9 Å². The number of amides is 2. The summed E-state index contributed by atoms with van der Waals surface area (Å²) in [7, 11) is 0. The van der Waals surface area contributed by atoms with Gasteiger partial charge in [0.2, 0.25) is 0 Å². The molecule has 244 valence electrons. The van der Waals surface area contributed by atoms with Crippen LogP contribution in [0.3, 0.4) is 0 Å². The Morgan fingerprint density at radius 2 is 1.76 bits per heavy atom. The number of para-hydroxylation sites is 1. The van der Waals surface area contributed by atoms with Gasteiger partial charge in [-0.15, -0.1) is 0 Å². The molecule has 1 saturated heterocycles. The highest BCUT2D eigenvalue weighted by molar-refractivity contribution is 6.09. The molecule has 9 heteroatoms. The van der Waals surface area contributed by atoms with Crippen molar-refractivity contribution < 1.29 is 14.3 Å². The van der Waals surface area contributed by atoms with E-state index in [1.807, 2.05) is 42.5 Å². The fraction of sp³-hybridized carbons (Fsp3) is 0.432. The van der Waals surface area contributed by atoms with Gasteiger partial charge < -0.3 is 19.8 Å². The second kappa shape index (κ2) is 15.4. The highest BCUT2D eigenvalue weighted by atomic mass is 16.5. The molecule has 2 amide bonds. The lowest BCUT2D eigenvalue weighted by Crippen LogP contribution is -2.40. The lowest BCUT2D eigenvalue weighted by molar-refractivity contribution is 0.0322. The zero-order valence-corrected chi connectivity index (χ0v) is 27.8. The number of carbonyl (C=O) groups is 1. The minimum atomic E-state index is -0.368. The summed E-state index contributed by atoms with van der Waals surface area (Å²) in [6.07, 6.45) is 3.24. The van der Waals surface area contributed by atoms with Crippen molar-refractivity contribution in [2.45, 2.75) is 59.3 Å². The largest absolute Gasteiger partial charge is 0.492 e. The molecule has 46 heavy (non-hydrogen) atoms. The van der Waals surface area contributed by atoms with Gasteiger partial charge in [-0.2, -0.15) is 0 Å². The number of ether oxygens (including phenoxy) is 2. The zero-order valence-electron chi connectivity index (χ0n) is 27.8. The van der Waals surface area contributed by atoms with E-state index in [0.29, 0.717) is 35.8 Å². The standard InChI is InChI=1S/C37H47N5O4/c1-6-7-17-42(37(44)39-33-29(25(2)3)13-9-14-30(33)26(4)5)34-32(31-15-10-16-38-35(31)40-36(34)43)27-11-8-12-28(24-27)46-23-20-41-18-21-45-22-19-41/h8-16,24-26H,6-7,17-23H2,1-5H3,(H,39,44)(H,38,40,43). The number of hydrogen-bond acceptors (Lipinski definition) is 6. The minimum absolute atomic E-state index is 0.204. The summed E-state index contributed by atoms with van der Waals surface area (Å²) in [5.74, 6) is 1.11. The number of urea groups is 1. The van der Waals surface area contributed by atoms with Gasteiger partial charge >= 0.3 is 6.03 Å². The second-order valence-corrected chi connectivity index (χ2v) is 12.5. The van der Waals surface area contributed by atoms with E-state index >= 15 is 0 Å². The number of morpholine rings is 1. The predicted octanol–water partition coefficient (Wildman–Crippen LogP) is 7.39. The summed E-state index contributed by atoms with van der Waals surface area (Å²) < 4.78 is 11.7. The molecule has 0 bridgehead atoms. The number of aromatic nitrogens is 2. The number of H-pyrrole nitrogens is 1. The molecule has 0 unspecified atom stereocenters. The molecule has 5 rings (SSSR count). The van der Waals surface area contributed by atoms with Crippen LogP contribution in [0.2, 0.25) is 0 Å². The van der Waals surface area contributed by atoms with E-state index in [-0.39, 0.29) is 23.4 Å². The average Bonchev–Trinajstić information content (AvgIpc) is 3.05. The maximum atomic E-state index is 14.4. The first-order valence-electron chi connectivity index (χ1n) is 16.5. The Kier molecular flexibility index (Phi) is 11.1. The van der Waals surface area contributed by atoms with Gasteiger partial charge in [0.15, 0.2) is 0 Å². The van der Waals surface area contributed by atoms with Crippen LogP contribution in [0.5, 0.6) is 5.75 Å². The minimum Gasteiger partial charge on any atom is -0.492 e. The summed E-state index contributed by atoms with van der Waals surface area (Å²) >= 11 is 0. The first-order chi connectivity index (χ1) is 22.3. The number of anilines is 2. The number of benzene rings is 2. The van der Waals surface area contributed by atoms with Crippen LogP contribution in [0.4, 0.5) is 16.2 Å². The van der Waals surface area contributed by atoms with Crippen LogP contribution in [0, 0.1) is 0 Å². The van der Waals surface area contributed by atoms with Crippen LogP contribution < -0.4 is 20.5 Å². The fourth-order valence-corrected chi connectivity index (χ4v) is 6.02. The fourth-order valence-electron chi connectivity index (χ4n) is 6.02. The predicted molar refractivity (Wildman–Crippen MR) is 186 cm³/mol. The molecule has 2 aromatic heterocycles. The molecule has 3 heterocycles. The van der Waals surface area contributed by atoms with Crippen molar-refractivity contribution in [2.24, 2.45) is 0 Å². The van der Waals surface area contributed by atoms with E-state index in [4.69, 9.17) is 9.47 Å². The van der Waals surface area contributed by atoms with Gasteiger partial charge in [-0.3, -0.25) is 14.6 Å². The summed E-state index contributed by atoms with van der Waals surface area (Å²) in [5.41, 5.74) is 4.77. The first kappa shape index (κ1) is 33.2. The van der Waals surface area contributed by atoms with Gasteiger partial charge in [0.25, 0.3) is 5.56 Å². The second-order valence-electron chi connectivity index (χ2n) is 12.5. The van der Waals surface area contributed by atoms with Gasteiger partial charge in [0.1, 0.15) is 23.7 Å². The molecule has 2 aromatic carbocycles. The maximum absolute atomic E-state index is 14.4. The molecule has 9 nitrogen and oxygen atoms in total. The number of hydrogen-bond donors (Lipinski definition) is 2. The first-order valence-corrected chi connectivity index (χ1v) is 16.5. The Bertz CT molecular complexity index is 1670.